The number of aliphatic hydroxyl groups excluding tert-OH is 2. The van der Waals surface area contributed by atoms with E-state index < -0.39 is 51.3 Å². The Bertz CT molecular complexity index is 1350. The molecule has 0 aliphatic heterocycles. The van der Waals surface area contributed by atoms with Gasteiger partial charge in [0.2, 0.25) is 0 Å². The minimum atomic E-state index is -4.82. The molecule has 0 amide bonds. The molecule has 0 aliphatic carbocycles. The normalized spacial score (nSPS) is 14.9. The average molecular weight is 801 g/mol. The molecule has 0 unspecified atom stereocenters. The fourth-order valence-corrected chi connectivity index (χ4v) is 5.05. The highest BCUT2D eigenvalue weighted by molar-refractivity contribution is 7.46. The Morgan fingerprint density at radius 3 is 1.79 bits per heavy atom. The molecule has 0 aromatic rings. The molecule has 3 atom stereocenters. The van der Waals surface area contributed by atoms with Crippen molar-refractivity contribution < 1.29 is 48.2 Å². The van der Waals surface area contributed by atoms with Gasteiger partial charge in [-0.2, -0.15) is 0 Å². The lowest BCUT2D eigenvalue weighted by Crippen LogP contribution is -2.29. The highest BCUT2D eigenvalue weighted by atomic mass is 31.2. The molecule has 56 heavy (non-hydrogen) atoms. The van der Waals surface area contributed by atoms with Gasteiger partial charge in [-0.05, 0) is 77.0 Å². The number of phosphoric ester groups is 1. The minimum Gasteiger partial charge on any atom is -0.462 e. The lowest BCUT2D eigenvalue weighted by atomic mass is 10.1. The summed E-state index contributed by atoms with van der Waals surface area (Å²) in [6, 6.07) is 0. The van der Waals surface area contributed by atoms with Crippen LogP contribution in [0.15, 0.2) is 122 Å². The van der Waals surface area contributed by atoms with Crippen molar-refractivity contribution in [1.82, 2.24) is 0 Å². The maximum absolute atomic E-state index is 12.4. The van der Waals surface area contributed by atoms with Gasteiger partial charge in [-0.25, -0.2) is 4.57 Å². The number of rotatable bonds is 34. The van der Waals surface area contributed by atoms with Crippen molar-refractivity contribution in [3.63, 3.8) is 0 Å². The Kier molecular flexibility index (Phi) is 35.8. The molecule has 0 radical (unpaired) electrons. The van der Waals surface area contributed by atoms with Gasteiger partial charge in [0.15, 0.2) is 6.10 Å². The fourth-order valence-electron chi connectivity index (χ4n) is 4.69. The molecule has 0 rings (SSSR count). The molecule has 0 aromatic carbocycles. The number of hydrogen-bond acceptors (Lipinski definition) is 8. The van der Waals surface area contributed by atoms with Crippen LogP contribution in [-0.4, -0.2) is 63.5 Å². The van der Waals surface area contributed by atoms with Crippen molar-refractivity contribution in [2.75, 3.05) is 13.2 Å². The van der Waals surface area contributed by atoms with Gasteiger partial charge in [0, 0.05) is 12.8 Å². The number of carbonyl (C=O) groups is 2. The second kappa shape index (κ2) is 38.3. The van der Waals surface area contributed by atoms with Crippen LogP contribution in [0, 0.1) is 0 Å². The van der Waals surface area contributed by atoms with Gasteiger partial charge in [0.05, 0.1) is 18.8 Å². The molecular weight excluding hydrogens is 731 g/mol. The van der Waals surface area contributed by atoms with E-state index in [-0.39, 0.29) is 12.8 Å². The van der Waals surface area contributed by atoms with Crippen LogP contribution >= 0.6 is 7.82 Å². The topological polar surface area (TPSA) is 160 Å². The molecule has 0 aromatic heterocycles. The summed E-state index contributed by atoms with van der Waals surface area (Å²) in [7, 11) is -4.82. The Morgan fingerprint density at radius 1 is 0.571 bits per heavy atom. The molecule has 0 bridgehead atoms. The van der Waals surface area contributed by atoms with E-state index >= 15 is 0 Å². The summed E-state index contributed by atoms with van der Waals surface area (Å²) in [5.41, 5.74) is 0. The molecule has 10 nitrogen and oxygen atoms in total. The Labute approximate surface area is 336 Å². The van der Waals surface area contributed by atoms with Crippen LogP contribution in [0.1, 0.15) is 117 Å². The van der Waals surface area contributed by atoms with Crippen LogP contribution in [0.5, 0.6) is 0 Å². The first-order valence-corrected chi connectivity index (χ1v) is 21.6. The van der Waals surface area contributed by atoms with Crippen LogP contribution < -0.4 is 0 Å². The Hall–Kier alpha value is -3.63. The van der Waals surface area contributed by atoms with Gasteiger partial charge < -0.3 is 29.5 Å². The van der Waals surface area contributed by atoms with E-state index in [0.29, 0.717) is 32.1 Å². The summed E-state index contributed by atoms with van der Waals surface area (Å²) >= 11 is 0. The highest BCUT2D eigenvalue weighted by Crippen LogP contribution is 2.36. The number of hydrogen-bond donors (Lipinski definition) is 4. The molecule has 0 aliphatic rings. The zero-order valence-corrected chi connectivity index (χ0v) is 34.6. The quantitative estimate of drug-likeness (QED) is 0.0162. The van der Waals surface area contributed by atoms with E-state index in [1.54, 1.807) is 30.4 Å². The number of esters is 2. The number of ether oxygens (including phenoxy) is 2. The van der Waals surface area contributed by atoms with Crippen molar-refractivity contribution in [3.8, 4) is 0 Å². The molecule has 4 N–H and O–H groups in total. The fraction of sp³-hybridized carbons (Fsp3) is 0.511. The van der Waals surface area contributed by atoms with Crippen LogP contribution in [0.2, 0.25) is 0 Å². The third-order valence-electron chi connectivity index (χ3n) is 7.65. The van der Waals surface area contributed by atoms with E-state index in [2.05, 4.69) is 60.1 Å². The summed E-state index contributed by atoms with van der Waals surface area (Å²) in [5, 5.41) is 19.9. The third kappa shape index (κ3) is 40.0. The van der Waals surface area contributed by atoms with E-state index in [1.165, 1.54) is 0 Å². The van der Waals surface area contributed by atoms with Crippen molar-refractivity contribution in [2.45, 2.75) is 135 Å². The molecule has 11 heteroatoms. The molecule has 0 heterocycles. The second-order valence-electron chi connectivity index (χ2n) is 12.9. The first kappa shape index (κ1) is 52.4. The number of carbonyl (C=O) groups excluding carboxylic acids is 2. The van der Waals surface area contributed by atoms with Crippen LogP contribution in [0.25, 0.3) is 0 Å². The van der Waals surface area contributed by atoms with Gasteiger partial charge in [-0.1, -0.05) is 148 Å². The van der Waals surface area contributed by atoms with Crippen molar-refractivity contribution in [1.29, 1.82) is 0 Å². The monoisotopic (exact) mass is 800 g/mol. The Morgan fingerprint density at radius 2 is 1.12 bits per heavy atom. The number of aliphatic hydroxyl groups is 2. The molecule has 0 spiro atoms. The third-order valence-corrected chi connectivity index (χ3v) is 8.14. The summed E-state index contributed by atoms with van der Waals surface area (Å²) < 4.78 is 26.2. The van der Waals surface area contributed by atoms with Crippen LogP contribution in [0.4, 0.5) is 0 Å². The van der Waals surface area contributed by atoms with Gasteiger partial charge in [-0.15, -0.1) is 0 Å². The minimum absolute atomic E-state index is 0.0670. The van der Waals surface area contributed by atoms with Crippen molar-refractivity contribution in [3.05, 3.63) is 122 Å². The first-order chi connectivity index (χ1) is 27.1. The molecule has 314 valence electrons. The number of unbranched alkanes of at least 4 members (excludes halogenated alkanes) is 5. The molecular formula is C45H69O10P. The lowest BCUT2D eigenvalue weighted by molar-refractivity contribution is -0.161. The zero-order valence-electron chi connectivity index (χ0n) is 33.7. The zero-order chi connectivity index (χ0) is 41.4. The maximum atomic E-state index is 12.4. The van der Waals surface area contributed by atoms with Gasteiger partial charge in [-0.3, -0.25) is 14.1 Å². The smallest absolute Gasteiger partial charge is 0.462 e. The number of allylic oxidation sites excluding steroid dienone is 16. The summed E-state index contributed by atoms with van der Waals surface area (Å²) in [4.78, 5) is 42.8. The van der Waals surface area contributed by atoms with E-state index in [0.717, 1.165) is 57.8 Å². The summed E-state index contributed by atoms with van der Waals surface area (Å²) in [5.74, 6) is -1.11. The maximum Gasteiger partial charge on any atom is 0.469 e. The number of phosphoric acid groups is 1. The van der Waals surface area contributed by atoms with Crippen LogP contribution in [-0.2, 0) is 28.2 Å². The van der Waals surface area contributed by atoms with E-state index in [1.807, 2.05) is 49.5 Å². The predicted octanol–water partition coefficient (Wildman–Crippen LogP) is 10.1. The predicted molar refractivity (Wildman–Crippen MR) is 227 cm³/mol. The molecule has 0 saturated carbocycles. The van der Waals surface area contributed by atoms with Crippen molar-refractivity contribution >= 4 is 19.8 Å². The lowest BCUT2D eigenvalue weighted by Gasteiger charge is -2.18. The van der Waals surface area contributed by atoms with E-state index in [4.69, 9.17) is 19.3 Å². The summed E-state index contributed by atoms with van der Waals surface area (Å²) in [6.45, 7) is 3.17. The largest absolute Gasteiger partial charge is 0.469 e. The SMILES string of the molecule is CC/C=C\C/C=C\C/C=C\C/C=C\CCCCCCC(=O)O[C@H](COC(=O)CCC/C=C\[C@H](O)/C=C/C=C\C/C=C\C=C\[C@H](O)C/C=C\CC)COP(=O)(O)O. The van der Waals surface area contributed by atoms with Crippen LogP contribution in [0.3, 0.4) is 0 Å². The Balaban J connectivity index is 4.28. The molecule has 0 saturated heterocycles. The van der Waals surface area contributed by atoms with Gasteiger partial charge in [0.1, 0.15) is 6.61 Å². The standard InChI is InChI=1S/C45H69O10P/c1-3-5-7-8-9-10-11-12-13-14-15-16-17-18-22-25-31-38-45(49)55-43(40-54-56(50,51)52)39-53-44(48)37-32-26-30-36-42(47)35-29-24-21-19-20-23-28-34-41(46)33-27-6-4-2/h5-7,9-10,12-13,15-16,20-21,23-24,27-30,34-36,41-43,46-47H,3-4,8,11,14,17-19,22,25-26,31-33,37-40H2,1-2H3,(H2,50,51,52)/b7-5-,10-9-,13-12-,16-15-,23-20-,24-21-,27-6-,34-28+,35-29+,36-30-/t41-,42-,43-/m1/s1. The average Bonchev–Trinajstić information content (AvgIpc) is 3.16. The second-order valence-corrected chi connectivity index (χ2v) is 14.1. The molecule has 0 fully saturated rings. The van der Waals surface area contributed by atoms with Crippen molar-refractivity contribution in [2.24, 2.45) is 0 Å². The van der Waals surface area contributed by atoms with Gasteiger partial charge in [0.25, 0.3) is 0 Å². The first-order valence-electron chi connectivity index (χ1n) is 20.1. The van der Waals surface area contributed by atoms with E-state index in [9.17, 15) is 24.4 Å². The van der Waals surface area contributed by atoms with Gasteiger partial charge >= 0.3 is 19.8 Å². The summed E-state index contributed by atoms with van der Waals surface area (Å²) in [6.07, 6.45) is 48.5. The highest BCUT2D eigenvalue weighted by Gasteiger charge is 2.22.